The number of aliphatic hydroxyl groups excluding tert-OH is 1. The number of phenolic OH excluding ortho intramolecular Hbond substituents is 1. The summed E-state index contributed by atoms with van der Waals surface area (Å²) in [7, 11) is 0. The molecular formula is C25H32N6O5. The third-order valence-electron chi connectivity index (χ3n) is 6.63. The third-order valence-corrected chi connectivity index (χ3v) is 6.63. The summed E-state index contributed by atoms with van der Waals surface area (Å²) in [5.74, 6) is 0.0472. The molecule has 2 unspecified atom stereocenters. The van der Waals surface area contributed by atoms with Gasteiger partial charge in [-0.1, -0.05) is 11.2 Å². The molecule has 1 aliphatic carbocycles. The molecule has 1 saturated carbocycles. The van der Waals surface area contributed by atoms with Crippen LogP contribution in [0.1, 0.15) is 66.6 Å². The number of hydrogen-bond acceptors (Lipinski definition) is 9. The predicted molar refractivity (Wildman–Crippen MR) is 132 cm³/mol. The van der Waals surface area contributed by atoms with E-state index in [-0.39, 0.29) is 47.6 Å². The number of hydrogen-bond donors (Lipinski definition) is 5. The van der Waals surface area contributed by atoms with E-state index in [0.29, 0.717) is 29.6 Å². The van der Waals surface area contributed by atoms with Gasteiger partial charge in [-0.2, -0.15) is 0 Å². The molecule has 2 atom stereocenters. The van der Waals surface area contributed by atoms with Gasteiger partial charge in [-0.15, -0.1) is 0 Å². The van der Waals surface area contributed by atoms with Crippen molar-refractivity contribution in [2.45, 2.75) is 70.7 Å². The van der Waals surface area contributed by atoms with Gasteiger partial charge >= 0.3 is 0 Å². The van der Waals surface area contributed by atoms with Gasteiger partial charge in [-0.05, 0) is 69.2 Å². The van der Waals surface area contributed by atoms with Crippen molar-refractivity contribution in [2.75, 3.05) is 5.73 Å². The van der Waals surface area contributed by atoms with E-state index in [1.807, 2.05) is 0 Å². The number of nitrogens with two attached hydrogens (primary N) is 1. The van der Waals surface area contributed by atoms with Crippen LogP contribution < -0.4 is 16.4 Å². The lowest BCUT2D eigenvalue weighted by molar-refractivity contribution is -0.129. The maximum atomic E-state index is 12.8. The Labute approximate surface area is 209 Å². The number of aromatic hydroxyl groups is 1. The monoisotopic (exact) mass is 496 g/mol. The zero-order chi connectivity index (χ0) is 25.8. The third kappa shape index (κ3) is 6.09. The van der Waals surface area contributed by atoms with E-state index in [1.165, 1.54) is 13.0 Å². The van der Waals surface area contributed by atoms with Crippen LogP contribution in [0.25, 0.3) is 0 Å². The molecule has 1 aromatic carbocycles. The normalized spacial score (nSPS) is 22.3. The van der Waals surface area contributed by atoms with Gasteiger partial charge < -0.3 is 31.4 Å². The van der Waals surface area contributed by atoms with Crippen molar-refractivity contribution < 1.29 is 24.6 Å². The minimum Gasteiger partial charge on any atom is -0.506 e. The van der Waals surface area contributed by atoms with Crippen molar-refractivity contribution in [3.8, 4) is 5.75 Å². The standard InChI is InChI=1S/C25H32N6O5/c1-13(32)24(34)30-17-6-4-16(5-7-17)23-11-20(31-36-23)19-10-21(29-14(2)28-19)25(35)27-12-15-3-8-22(33)18(26)9-15/h3,8-10,13,16-17,23,32-33H,4-7,11-12,26H2,1-2H3,(H,27,35)(H,30,34). The summed E-state index contributed by atoms with van der Waals surface area (Å²) in [6.45, 7) is 3.41. The van der Waals surface area contributed by atoms with Crippen LogP contribution in [0, 0.1) is 12.8 Å². The Morgan fingerprint density at radius 3 is 2.64 bits per heavy atom. The molecule has 11 heteroatoms. The molecule has 2 heterocycles. The smallest absolute Gasteiger partial charge is 0.270 e. The Morgan fingerprint density at radius 1 is 1.19 bits per heavy atom. The van der Waals surface area contributed by atoms with E-state index in [0.717, 1.165) is 31.2 Å². The number of nitrogens with zero attached hydrogens (tertiary/aromatic N) is 3. The summed E-state index contributed by atoms with van der Waals surface area (Å²) in [5.41, 5.74) is 8.17. The number of nitrogen functional groups attached to an aromatic ring is 1. The highest BCUT2D eigenvalue weighted by atomic mass is 16.6. The lowest BCUT2D eigenvalue weighted by Gasteiger charge is -2.31. The number of nitrogens with one attached hydrogen (secondary N) is 2. The molecule has 4 rings (SSSR count). The van der Waals surface area contributed by atoms with Crippen molar-refractivity contribution in [3.63, 3.8) is 0 Å². The number of amides is 2. The van der Waals surface area contributed by atoms with Gasteiger partial charge in [0.15, 0.2) is 0 Å². The summed E-state index contributed by atoms with van der Waals surface area (Å²) < 4.78 is 0. The molecule has 0 radical (unpaired) electrons. The number of oxime groups is 1. The Hall–Kier alpha value is -3.73. The number of aliphatic hydroxyl groups is 1. The van der Waals surface area contributed by atoms with Crippen molar-refractivity contribution in [3.05, 3.63) is 47.0 Å². The van der Waals surface area contributed by atoms with E-state index < -0.39 is 6.10 Å². The molecule has 0 saturated heterocycles. The summed E-state index contributed by atoms with van der Waals surface area (Å²) in [6.07, 6.45) is 2.91. The number of aromatic nitrogens is 2. The molecular weight excluding hydrogens is 464 g/mol. The van der Waals surface area contributed by atoms with Crippen LogP contribution >= 0.6 is 0 Å². The minimum atomic E-state index is -1.01. The average molecular weight is 497 g/mol. The summed E-state index contributed by atoms with van der Waals surface area (Å²) >= 11 is 0. The molecule has 2 aliphatic rings. The SMILES string of the molecule is Cc1nc(C(=O)NCc2ccc(O)c(N)c2)cc(C2=NOC(C3CCC(NC(=O)C(C)O)CC3)C2)n1. The van der Waals surface area contributed by atoms with E-state index in [4.69, 9.17) is 10.6 Å². The molecule has 11 nitrogen and oxygen atoms in total. The maximum Gasteiger partial charge on any atom is 0.270 e. The maximum absolute atomic E-state index is 12.8. The van der Waals surface area contributed by atoms with Gasteiger partial charge in [-0.3, -0.25) is 9.59 Å². The molecule has 0 spiro atoms. The van der Waals surface area contributed by atoms with E-state index in [9.17, 15) is 19.8 Å². The van der Waals surface area contributed by atoms with Crippen LogP contribution in [-0.4, -0.2) is 56.0 Å². The lowest BCUT2D eigenvalue weighted by Crippen LogP contribution is -2.43. The Kier molecular flexibility index (Phi) is 7.68. The zero-order valence-corrected chi connectivity index (χ0v) is 20.4. The molecule has 1 fully saturated rings. The van der Waals surface area contributed by atoms with Gasteiger partial charge in [0.25, 0.3) is 5.91 Å². The van der Waals surface area contributed by atoms with Crippen LogP contribution in [0.15, 0.2) is 29.4 Å². The van der Waals surface area contributed by atoms with Gasteiger partial charge in [0.2, 0.25) is 5.91 Å². The van der Waals surface area contributed by atoms with Crippen molar-refractivity contribution in [1.29, 1.82) is 0 Å². The number of benzene rings is 1. The molecule has 1 aliphatic heterocycles. The number of rotatable bonds is 7. The molecule has 192 valence electrons. The number of aryl methyl sites for hydroxylation is 1. The van der Waals surface area contributed by atoms with E-state index in [2.05, 4.69) is 25.8 Å². The first kappa shape index (κ1) is 25.4. The Balaban J connectivity index is 1.33. The summed E-state index contributed by atoms with van der Waals surface area (Å²) in [6, 6.07) is 6.44. The molecule has 1 aromatic heterocycles. The van der Waals surface area contributed by atoms with E-state index in [1.54, 1.807) is 25.1 Å². The molecule has 2 amide bonds. The lowest BCUT2D eigenvalue weighted by atomic mass is 9.81. The number of anilines is 1. The number of phenols is 1. The van der Waals surface area contributed by atoms with E-state index >= 15 is 0 Å². The Morgan fingerprint density at radius 2 is 1.94 bits per heavy atom. The van der Waals surface area contributed by atoms with Crippen LogP contribution in [0.3, 0.4) is 0 Å². The van der Waals surface area contributed by atoms with Gasteiger partial charge in [0.05, 0.1) is 11.4 Å². The van der Waals surface area contributed by atoms with Gasteiger partial charge in [0, 0.05) is 19.0 Å². The van der Waals surface area contributed by atoms with Crippen molar-refractivity contribution >= 4 is 23.2 Å². The second kappa shape index (κ2) is 10.9. The topological polar surface area (TPSA) is 172 Å². The van der Waals surface area contributed by atoms with Crippen LogP contribution in [0.4, 0.5) is 5.69 Å². The molecule has 2 aromatic rings. The van der Waals surface area contributed by atoms with Gasteiger partial charge in [-0.25, -0.2) is 9.97 Å². The number of carbonyl (C=O) groups is 2. The highest BCUT2D eigenvalue weighted by Gasteiger charge is 2.34. The quantitative estimate of drug-likeness (QED) is 0.284. The number of carbonyl (C=O) groups excluding carboxylic acids is 2. The first-order valence-electron chi connectivity index (χ1n) is 12.1. The second-order valence-corrected chi connectivity index (χ2v) is 9.44. The average Bonchev–Trinajstić information content (AvgIpc) is 3.35. The van der Waals surface area contributed by atoms with Crippen molar-refractivity contribution in [1.82, 2.24) is 20.6 Å². The zero-order valence-electron chi connectivity index (χ0n) is 20.4. The first-order valence-corrected chi connectivity index (χ1v) is 12.1. The van der Waals surface area contributed by atoms with Gasteiger partial charge in [0.1, 0.15) is 35.2 Å². The van der Waals surface area contributed by atoms with Crippen LogP contribution in [0.5, 0.6) is 5.75 Å². The Bertz CT molecular complexity index is 1160. The highest BCUT2D eigenvalue weighted by Crippen LogP contribution is 2.33. The van der Waals surface area contributed by atoms with Crippen molar-refractivity contribution in [2.24, 2.45) is 11.1 Å². The second-order valence-electron chi connectivity index (χ2n) is 9.44. The predicted octanol–water partition coefficient (Wildman–Crippen LogP) is 1.55. The summed E-state index contributed by atoms with van der Waals surface area (Å²) in [4.78, 5) is 39.0. The highest BCUT2D eigenvalue weighted by molar-refractivity contribution is 6.02. The molecule has 6 N–H and O–H groups in total. The molecule has 0 bridgehead atoms. The fourth-order valence-corrected chi connectivity index (χ4v) is 4.58. The fraction of sp³-hybridized carbons (Fsp3) is 0.480. The largest absolute Gasteiger partial charge is 0.506 e. The molecule has 36 heavy (non-hydrogen) atoms. The summed E-state index contributed by atoms with van der Waals surface area (Å²) in [5, 5.41) is 28.9. The first-order chi connectivity index (χ1) is 17.2. The van der Waals surface area contributed by atoms with Crippen LogP contribution in [0.2, 0.25) is 0 Å². The van der Waals surface area contributed by atoms with Crippen LogP contribution in [-0.2, 0) is 16.2 Å². The minimum absolute atomic E-state index is 0.00449. The fourth-order valence-electron chi connectivity index (χ4n) is 4.58.